The highest BCUT2D eigenvalue weighted by Gasteiger charge is 2.22. The van der Waals surface area contributed by atoms with Crippen molar-refractivity contribution in [2.75, 3.05) is 20.1 Å². The van der Waals surface area contributed by atoms with E-state index in [1.165, 1.54) is 6.42 Å². The van der Waals surface area contributed by atoms with Gasteiger partial charge in [-0.25, -0.2) is 0 Å². The summed E-state index contributed by atoms with van der Waals surface area (Å²) in [5.74, 6) is 0.744. The van der Waals surface area contributed by atoms with E-state index in [4.69, 9.17) is 0 Å². The Balaban J connectivity index is 4.02. The quantitative estimate of drug-likeness (QED) is 0.659. The van der Waals surface area contributed by atoms with Crippen molar-refractivity contribution >= 4 is 0 Å². The van der Waals surface area contributed by atoms with E-state index in [1.807, 2.05) is 6.92 Å². The van der Waals surface area contributed by atoms with Crippen LogP contribution in [0.25, 0.3) is 0 Å². The first-order chi connectivity index (χ1) is 8.84. The average Bonchev–Trinajstić information content (AvgIpc) is 2.35. The van der Waals surface area contributed by atoms with Gasteiger partial charge in [0.15, 0.2) is 0 Å². The molecule has 0 aromatic rings. The second kappa shape index (κ2) is 9.34. The van der Waals surface area contributed by atoms with Crippen molar-refractivity contribution in [2.45, 2.75) is 71.9 Å². The summed E-state index contributed by atoms with van der Waals surface area (Å²) in [5, 5.41) is 12.6. The number of rotatable bonds is 10. The summed E-state index contributed by atoms with van der Waals surface area (Å²) in [6.45, 7) is 13.0. The predicted octanol–water partition coefficient (Wildman–Crippen LogP) is 3.41. The number of nitrogens with zero attached hydrogens (tertiary/aromatic N) is 2. The second-order valence-electron chi connectivity index (χ2n) is 6.43. The van der Waals surface area contributed by atoms with Gasteiger partial charge in [0.2, 0.25) is 0 Å². The van der Waals surface area contributed by atoms with Crippen LogP contribution in [0.5, 0.6) is 0 Å². The Bertz CT molecular complexity index is 270. The van der Waals surface area contributed by atoms with Crippen molar-refractivity contribution in [1.29, 1.82) is 5.26 Å². The Hall–Kier alpha value is -0.590. The fourth-order valence-corrected chi connectivity index (χ4v) is 2.35. The van der Waals surface area contributed by atoms with Gasteiger partial charge in [-0.05, 0) is 65.6 Å². The lowest BCUT2D eigenvalue weighted by Crippen LogP contribution is -2.42. The maximum Gasteiger partial charge on any atom is 0.103 e. The highest BCUT2D eigenvalue weighted by Crippen LogP contribution is 2.14. The molecule has 112 valence electrons. The topological polar surface area (TPSA) is 39.1 Å². The highest BCUT2D eigenvalue weighted by molar-refractivity contribution is 5.03. The molecule has 0 saturated heterocycles. The first-order valence-electron chi connectivity index (χ1n) is 7.71. The van der Waals surface area contributed by atoms with E-state index in [9.17, 15) is 5.26 Å². The first kappa shape index (κ1) is 18.4. The molecule has 0 amide bonds. The van der Waals surface area contributed by atoms with Gasteiger partial charge in [0.1, 0.15) is 5.54 Å². The molecule has 0 aliphatic rings. The molecule has 0 aliphatic carbocycles. The van der Waals surface area contributed by atoms with E-state index < -0.39 is 0 Å². The molecule has 0 rings (SSSR count). The van der Waals surface area contributed by atoms with E-state index >= 15 is 0 Å². The second-order valence-corrected chi connectivity index (χ2v) is 6.43. The van der Waals surface area contributed by atoms with Crippen LogP contribution < -0.4 is 5.32 Å². The smallest absolute Gasteiger partial charge is 0.103 e. The fourth-order valence-electron chi connectivity index (χ4n) is 2.35. The van der Waals surface area contributed by atoms with E-state index in [-0.39, 0.29) is 5.54 Å². The van der Waals surface area contributed by atoms with Crippen LogP contribution in [0.3, 0.4) is 0 Å². The number of nitriles is 1. The molecule has 0 bridgehead atoms. The third-order valence-electron chi connectivity index (χ3n) is 3.76. The molecule has 3 heteroatoms. The van der Waals surface area contributed by atoms with Crippen LogP contribution >= 0.6 is 0 Å². The van der Waals surface area contributed by atoms with Gasteiger partial charge < -0.3 is 4.90 Å². The van der Waals surface area contributed by atoms with Crippen LogP contribution in [0.15, 0.2) is 0 Å². The average molecular weight is 267 g/mol. The van der Waals surface area contributed by atoms with Crippen LogP contribution in [-0.4, -0.2) is 36.6 Å². The Labute approximate surface area is 120 Å². The molecule has 2 unspecified atom stereocenters. The molecule has 1 N–H and O–H groups in total. The molecule has 0 fully saturated rings. The van der Waals surface area contributed by atoms with Gasteiger partial charge in [0.05, 0.1) is 6.07 Å². The molecule has 0 heterocycles. The number of hydrogen-bond acceptors (Lipinski definition) is 3. The minimum absolute atomic E-state index is 0.363. The summed E-state index contributed by atoms with van der Waals surface area (Å²) in [6.07, 6.45) is 4.30. The molecule has 0 saturated carbocycles. The van der Waals surface area contributed by atoms with Gasteiger partial charge in [-0.3, -0.25) is 5.32 Å². The summed E-state index contributed by atoms with van der Waals surface area (Å²) in [5.41, 5.74) is -0.363. The van der Waals surface area contributed by atoms with Crippen LogP contribution in [0.2, 0.25) is 0 Å². The normalized spacial score (nSPS) is 16.4. The lowest BCUT2D eigenvalue weighted by atomic mass is 9.97. The zero-order valence-electron chi connectivity index (χ0n) is 13.8. The zero-order valence-corrected chi connectivity index (χ0v) is 13.8. The van der Waals surface area contributed by atoms with Crippen LogP contribution in [0.4, 0.5) is 0 Å². The maximum atomic E-state index is 9.28. The van der Waals surface area contributed by atoms with E-state index in [1.54, 1.807) is 0 Å². The SMILES string of the molecule is CCCNC(C)(C#N)CCCN(C)C(C)CC(C)C. The molecule has 0 aromatic heterocycles. The van der Waals surface area contributed by atoms with Gasteiger partial charge in [0.25, 0.3) is 0 Å². The van der Waals surface area contributed by atoms with E-state index in [2.05, 4.69) is 51.0 Å². The summed E-state index contributed by atoms with van der Waals surface area (Å²) in [6, 6.07) is 3.04. The molecule has 19 heavy (non-hydrogen) atoms. The van der Waals surface area contributed by atoms with Crippen LogP contribution in [0.1, 0.15) is 60.3 Å². The van der Waals surface area contributed by atoms with Crippen molar-refractivity contribution < 1.29 is 0 Å². The van der Waals surface area contributed by atoms with Crippen molar-refractivity contribution in [3.05, 3.63) is 0 Å². The summed E-state index contributed by atoms with van der Waals surface area (Å²) < 4.78 is 0. The Morgan fingerprint density at radius 2 is 1.95 bits per heavy atom. The maximum absolute atomic E-state index is 9.28. The minimum atomic E-state index is -0.363. The van der Waals surface area contributed by atoms with Crippen molar-refractivity contribution in [1.82, 2.24) is 10.2 Å². The Kier molecular flexibility index (Phi) is 9.05. The first-order valence-corrected chi connectivity index (χ1v) is 7.71. The standard InChI is InChI=1S/C16H33N3/c1-7-10-18-16(5,13-17)9-8-11-19(6)15(4)12-14(2)3/h14-15,18H,7-12H2,1-6H3. The van der Waals surface area contributed by atoms with E-state index in [0.717, 1.165) is 38.3 Å². The molecule has 0 radical (unpaired) electrons. The predicted molar refractivity (Wildman–Crippen MR) is 83.1 cm³/mol. The molecule has 3 nitrogen and oxygen atoms in total. The zero-order chi connectivity index (χ0) is 14.9. The van der Waals surface area contributed by atoms with Gasteiger partial charge in [0, 0.05) is 6.04 Å². The van der Waals surface area contributed by atoms with Gasteiger partial charge in [-0.15, -0.1) is 0 Å². The van der Waals surface area contributed by atoms with Gasteiger partial charge >= 0.3 is 0 Å². The molecule has 0 aliphatic heterocycles. The monoisotopic (exact) mass is 267 g/mol. The molecular formula is C16H33N3. The molecular weight excluding hydrogens is 234 g/mol. The summed E-state index contributed by atoms with van der Waals surface area (Å²) in [7, 11) is 2.19. The largest absolute Gasteiger partial charge is 0.304 e. The van der Waals surface area contributed by atoms with E-state index in [0.29, 0.717) is 6.04 Å². The summed E-state index contributed by atoms with van der Waals surface area (Å²) >= 11 is 0. The van der Waals surface area contributed by atoms with Crippen molar-refractivity contribution in [3.8, 4) is 6.07 Å². The molecule has 0 spiro atoms. The van der Waals surface area contributed by atoms with Crippen molar-refractivity contribution in [2.24, 2.45) is 5.92 Å². The molecule has 2 atom stereocenters. The lowest BCUT2D eigenvalue weighted by Gasteiger charge is -2.28. The Morgan fingerprint density at radius 3 is 2.42 bits per heavy atom. The van der Waals surface area contributed by atoms with Gasteiger partial charge in [-0.2, -0.15) is 5.26 Å². The number of nitrogens with one attached hydrogen (secondary N) is 1. The summed E-state index contributed by atoms with van der Waals surface area (Å²) in [4.78, 5) is 2.41. The Morgan fingerprint density at radius 1 is 1.32 bits per heavy atom. The van der Waals surface area contributed by atoms with Crippen LogP contribution in [-0.2, 0) is 0 Å². The number of hydrogen-bond donors (Lipinski definition) is 1. The van der Waals surface area contributed by atoms with Crippen molar-refractivity contribution in [3.63, 3.8) is 0 Å². The van der Waals surface area contributed by atoms with Crippen LogP contribution in [0, 0.1) is 17.2 Å². The highest BCUT2D eigenvalue weighted by atomic mass is 15.1. The minimum Gasteiger partial charge on any atom is -0.304 e. The fraction of sp³-hybridized carbons (Fsp3) is 0.938. The lowest BCUT2D eigenvalue weighted by molar-refractivity contribution is 0.218. The molecule has 0 aromatic carbocycles. The third-order valence-corrected chi connectivity index (χ3v) is 3.76. The van der Waals surface area contributed by atoms with Gasteiger partial charge in [-0.1, -0.05) is 20.8 Å². The third kappa shape index (κ3) is 8.23.